The number of rotatable bonds is 3. The molecular formula is C7H12O4. The van der Waals surface area contributed by atoms with E-state index in [2.05, 4.69) is 4.74 Å². The van der Waals surface area contributed by atoms with E-state index in [9.17, 15) is 9.90 Å². The summed E-state index contributed by atoms with van der Waals surface area (Å²) in [6.07, 6.45) is -0.883. The summed E-state index contributed by atoms with van der Waals surface area (Å²) in [5, 5.41) is 9.33. The van der Waals surface area contributed by atoms with Gasteiger partial charge in [-0.05, 0) is 6.92 Å². The Balaban J connectivity index is 2.38. The van der Waals surface area contributed by atoms with Crippen LogP contribution >= 0.6 is 0 Å². The first-order valence-corrected chi connectivity index (χ1v) is 3.54. The Morgan fingerprint density at radius 3 is 2.73 bits per heavy atom. The van der Waals surface area contributed by atoms with Crippen molar-refractivity contribution < 1.29 is 19.4 Å². The number of aliphatic hydroxyl groups excluding tert-OH is 1. The molecule has 0 aromatic carbocycles. The van der Waals surface area contributed by atoms with Crippen molar-refractivity contribution in [3.05, 3.63) is 0 Å². The maximum atomic E-state index is 10.8. The van der Waals surface area contributed by atoms with Crippen LogP contribution in [-0.4, -0.2) is 37.0 Å². The minimum atomic E-state index is -0.720. The van der Waals surface area contributed by atoms with Crippen LogP contribution in [0.5, 0.6) is 0 Å². The molecule has 4 nitrogen and oxygen atoms in total. The average molecular weight is 160 g/mol. The lowest BCUT2D eigenvalue weighted by atomic mass is 10.0. The molecule has 0 spiro atoms. The maximum Gasteiger partial charge on any atom is 0.311 e. The number of carbonyl (C=O) groups is 1. The number of carbonyl (C=O) groups excluding carboxylic acids is 1. The molecule has 1 fully saturated rings. The number of aliphatic hydroxyl groups is 1. The fourth-order valence-electron chi connectivity index (χ4n) is 0.900. The van der Waals surface area contributed by atoms with Gasteiger partial charge in [0.15, 0.2) is 0 Å². The lowest BCUT2D eigenvalue weighted by Gasteiger charge is -2.13. The summed E-state index contributed by atoms with van der Waals surface area (Å²) in [6, 6.07) is 0. The highest BCUT2D eigenvalue weighted by atomic mass is 16.6. The topological polar surface area (TPSA) is 59.1 Å². The molecule has 1 rings (SSSR count). The molecule has 1 aliphatic rings. The van der Waals surface area contributed by atoms with Crippen LogP contribution in [0.1, 0.15) is 6.92 Å². The van der Waals surface area contributed by atoms with Crippen molar-refractivity contribution in [3.8, 4) is 0 Å². The smallest absolute Gasteiger partial charge is 0.311 e. The molecule has 0 aromatic rings. The highest BCUT2D eigenvalue weighted by Crippen LogP contribution is 2.20. The van der Waals surface area contributed by atoms with Crippen molar-refractivity contribution in [1.29, 1.82) is 0 Å². The van der Waals surface area contributed by atoms with E-state index < -0.39 is 18.0 Å². The van der Waals surface area contributed by atoms with Gasteiger partial charge < -0.3 is 14.6 Å². The number of hydrogen-bond acceptors (Lipinski definition) is 4. The summed E-state index contributed by atoms with van der Waals surface area (Å²) in [4.78, 5) is 10.8. The van der Waals surface area contributed by atoms with Gasteiger partial charge in [-0.3, -0.25) is 4.79 Å². The first-order valence-electron chi connectivity index (χ1n) is 3.54. The van der Waals surface area contributed by atoms with Crippen molar-refractivity contribution in [1.82, 2.24) is 0 Å². The van der Waals surface area contributed by atoms with E-state index in [-0.39, 0.29) is 6.10 Å². The monoisotopic (exact) mass is 160 g/mol. The zero-order valence-corrected chi connectivity index (χ0v) is 6.61. The molecule has 1 aliphatic heterocycles. The molecule has 1 N–H and O–H groups in total. The third-order valence-corrected chi connectivity index (χ3v) is 1.83. The summed E-state index contributed by atoms with van der Waals surface area (Å²) in [6.45, 7) is 2.17. The van der Waals surface area contributed by atoms with E-state index >= 15 is 0 Å². The van der Waals surface area contributed by atoms with Crippen LogP contribution in [-0.2, 0) is 14.3 Å². The first kappa shape index (κ1) is 8.49. The standard InChI is InChI=1S/C7H12O4/c1-4(7(9)10-2)6(8)5-3-11-5/h4-6,8H,3H2,1-2H3. The second-order valence-corrected chi connectivity index (χ2v) is 2.67. The molecule has 3 unspecified atom stereocenters. The Morgan fingerprint density at radius 2 is 2.36 bits per heavy atom. The molecule has 1 saturated heterocycles. The summed E-state index contributed by atoms with van der Waals surface area (Å²) in [5.74, 6) is -0.888. The largest absolute Gasteiger partial charge is 0.469 e. The molecule has 4 heteroatoms. The minimum Gasteiger partial charge on any atom is -0.469 e. The van der Waals surface area contributed by atoms with Crippen LogP contribution < -0.4 is 0 Å². The fraction of sp³-hybridized carbons (Fsp3) is 0.857. The summed E-state index contributed by atoms with van der Waals surface area (Å²) in [7, 11) is 1.30. The molecule has 3 atom stereocenters. The molecule has 64 valence electrons. The Kier molecular flexibility index (Phi) is 2.46. The average Bonchev–Trinajstić information content (AvgIpc) is 2.82. The van der Waals surface area contributed by atoms with Crippen LogP contribution in [0.2, 0.25) is 0 Å². The molecule has 1 heterocycles. The van der Waals surface area contributed by atoms with Gasteiger partial charge in [-0.1, -0.05) is 0 Å². The minimum absolute atomic E-state index is 0.163. The van der Waals surface area contributed by atoms with E-state index in [1.807, 2.05) is 0 Å². The lowest BCUT2D eigenvalue weighted by molar-refractivity contribution is -0.149. The van der Waals surface area contributed by atoms with Gasteiger partial charge >= 0.3 is 5.97 Å². The van der Waals surface area contributed by atoms with Crippen LogP contribution in [0.4, 0.5) is 0 Å². The van der Waals surface area contributed by atoms with Gasteiger partial charge in [0.2, 0.25) is 0 Å². The molecule has 0 amide bonds. The summed E-state index contributed by atoms with van der Waals surface area (Å²) >= 11 is 0. The predicted molar refractivity (Wildman–Crippen MR) is 36.9 cm³/mol. The van der Waals surface area contributed by atoms with Crippen molar-refractivity contribution in [3.63, 3.8) is 0 Å². The van der Waals surface area contributed by atoms with Gasteiger partial charge in [0.05, 0.1) is 25.7 Å². The number of methoxy groups -OCH3 is 1. The van der Waals surface area contributed by atoms with E-state index in [1.54, 1.807) is 6.92 Å². The first-order chi connectivity index (χ1) is 5.16. The van der Waals surface area contributed by atoms with Crippen LogP contribution in [0.15, 0.2) is 0 Å². The highest BCUT2D eigenvalue weighted by Gasteiger charge is 2.38. The second-order valence-electron chi connectivity index (χ2n) is 2.67. The third kappa shape index (κ3) is 1.91. The van der Waals surface area contributed by atoms with Crippen LogP contribution in [0, 0.1) is 5.92 Å². The van der Waals surface area contributed by atoms with Crippen molar-refractivity contribution in [2.45, 2.75) is 19.1 Å². The second kappa shape index (κ2) is 3.19. The zero-order valence-electron chi connectivity index (χ0n) is 6.61. The third-order valence-electron chi connectivity index (χ3n) is 1.83. The Hall–Kier alpha value is -0.610. The van der Waals surface area contributed by atoms with E-state index in [0.29, 0.717) is 6.61 Å². The Bertz CT molecular complexity index is 153. The van der Waals surface area contributed by atoms with Crippen LogP contribution in [0.3, 0.4) is 0 Å². The highest BCUT2D eigenvalue weighted by molar-refractivity contribution is 5.72. The molecule has 0 saturated carbocycles. The van der Waals surface area contributed by atoms with Gasteiger partial charge in [-0.2, -0.15) is 0 Å². The number of epoxide rings is 1. The Labute approximate surface area is 65.1 Å². The number of hydrogen-bond donors (Lipinski definition) is 1. The number of ether oxygens (including phenoxy) is 2. The molecule has 0 aliphatic carbocycles. The predicted octanol–water partition coefficient (Wildman–Crippen LogP) is -0.445. The van der Waals surface area contributed by atoms with Gasteiger partial charge in [-0.25, -0.2) is 0 Å². The van der Waals surface area contributed by atoms with Gasteiger partial charge in [0, 0.05) is 0 Å². The van der Waals surface area contributed by atoms with Gasteiger partial charge in [0.25, 0.3) is 0 Å². The van der Waals surface area contributed by atoms with E-state index in [4.69, 9.17) is 4.74 Å². The van der Waals surface area contributed by atoms with Crippen LogP contribution in [0.25, 0.3) is 0 Å². The molecular weight excluding hydrogens is 148 g/mol. The molecule has 0 radical (unpaired) electrons. The van der Waals surface area contributed by atoms with Crippen molar-refractivity contribution >= 4 is 5.97 Å². The fourth-order valence-corrected chi connectivity index (χ4v) is 0.900. The van der Waals surface area contributed by atoms with E-state index in [1.165, 1.54) is 7.11 Å². The lowest BCUT2D eigenvalue weighted by Crippen LogP contribution is -2.30. The zero-order chi connectivity index (χ0) is 8.43. The van der Waals surface area contributed by atoms with Crippen molar-refractivity contribution in [2.75, 3.05) is 13.7 Å². The quantitative estimate of drug-likeness (QED) is 0.449. The number of esters is 1. The summed E-state index contributed by atoms with van der Waals surface area (Å²) in [5.41, 5.74) is 0. The molecule has 11 heavy (non-hydrogen) atoms. The van der Waals surface area contributed by atoms with Crippen molar-refractivity contribution in [2.24, 2.45) is 5.92 Å². The maximum absolute atomic E-state index is 10.8. The van der Waals surface area contributed by atoms with E-state index in [0.717, 1.165) is 0 Å². The molecule has 0 bridgehead atoms. The van der Waals surface area contributed by atoms with Gasteiger partial charge in [-0.15, -0.1) is 0 Å². The normalized spacial score (nSPS) is 27.4. The Morgan fingerprint density at radius 1 is 1.82 bits per heavy atom. The SMILES string of the molecule is COC(=O)C(C)C(O)C1CO1. The molecule has 0 aromatic heterocycles. The van der Waals surface area contributed by atoms with Gasteiger partial charge in [0.1, 0.15) is 6.10 Å². The summed E-state index contributed by atoms with van der Waals surface area (Å²) < 4.78 is 9.28.